The second-order valence-electron chi connectivity index (χ2n) is 6.64. The minimum atomic E-state index is 0.0766. The molecule has 0 saturated heterocycles. The van der Waals surface area contributed by atoms with Crippen LogP contribution in [0.2, 0.25) is 0 Å². The molecule has 3 rings (SSSR count). The SMILES string of the molecule is CCCN=NC(C)c1ccccn1.Cc1cncc(CCc2cccnc2)c1. The molecule has 3 aromatic heterocycles. The average Bonchev–Trinajstić information content (AvgIpc) is 2.74. The first-order valence-corrected chi connectivity index (χ1v) is 9.76. The van der Waals surface area contributed by atoms with E-state index in [0.29, 0.717) is 0 Å². The molecule has 0 N–H and O–H groups in total. The minimum absolute atomic E-state index is 0.0766. The van der Waals surface area contributed by atoms with E-state index in [-0.39, 0.29) is 6.04 Å². The molecule has 0 spiro atoms. The van der Waals surface area contributed by atoms with E-state index in [9.17, 15) is 0 Å². The van der Waals surface area contributed by atoms with Crippen molar-refractivity contribution in [2.75, 3.05) is 6.54 Å². The van der Waals surface area contributed by atoms with Gasteiger partial charge in [-0.05, 0) is 68.0 Å². The quantitative estimate of drug-likeness (QED) is 0.507. The molecule has 0 aliphatic rings. The van der Waals surface area contributed by atoms with Crippen molar-refractivity contribution in [3.63, 3.8) is 0 Å². The maximum Gasteiger partial charge on any atom is 0.110 e. The first kappa shape index (κ1) is 21.4. The number of aromatic nitrogens is 3. The van der Waals surface area contributed by atoms with Gasteiger partial charge in [0.1, 0.15) is 6.04 Å². The van der Waals surface area contributed by atoms with Crippen molar-refractivity contribution in [1.82, 2.24) is 15.0 Å². The fourth-order valence-electron chi connectivity index (χ4n) is 2.55. The summed E-state index contributed by atoms with van der Waals surface area (Å²) in [7, 11) is 0. The summed E-state index contributed by atoms with van der Waals surface area (Å²) in [6, 6.07) is 12.2. The van der Waals surface area contributed by atoms with Crippen LogP contribution in [0.3, 0.4) is 0 Å². The van der Waals surface area contributed by atoms with Crippen molar-refractivity contribution in [2.24, 2.45) is 10.2 Å². The van der Waals surface area contributed by atoms with Gasteiger partial charge in [0.25, 0.3) is 0 Å². The van der Waals surface area contributed by atoms with Crippen molar-refractivity contribution < 1.29 is 0 Å². The number of aryl methyl sites for hydroxylation is 3. The van der Waals surface area contributed by atoms with E-state index in [4.69, 9.17) is 0 Å². The van der Waals surface area contributed by atoms with E-state index in [1.165, 1.54) is 16.7 Å². The van der Waals surface area contributed by atoms with Crippen molar-refractivity contribution in [2.45, 2.75) is 46.1 Å². The Hall–Kier alpha value is -2.95. The summed E-state index contributed by atoms with van der Waals surface area (Å²) in [5.41, 5.74) is 4.76. The normalized spacial score (nSPS) is 11.7. The van der Waals surface area contributed by atoms with Crippen LogP contribution >= 0.6 is 0 Å². The molecule has 146 valence electrons. The average molecular weight is 376 g/mol. The molecule has 0 amide bonds. The lowest BCUT2D eigenvalue weighted by Crippen LogP contribution is -1.93. The Morgan fingerprint density at radius 3 is 2.43 bits per heavy atom. The Kier molecular flexibility index (Phi) is 9.49. The van der Waals surface area contributed by atoms with E-state index in [2.05, 4.69) is 51.2 Å². The van der Waals surface area contributed by atoms with Gasteiger partial charge in [-0.15, -0.1) is 0 Å². The zero-order valence-corrected chi connectivity index (χ0v) is 17.0. The van der Waals surface area contributed by atoms with Crippen LogP contribution in [0.1, 0.15) is 48.7 Å². The van der Waals surface area contributed by atoms with Crippen LogP contribution in [0.5, 0.6) is 0 Å². The Morgan fingerprint density at radius 2 is 1.75 bits per heavy atom. The maximum atomic E-state index is 4.20. The van der Waals surface area contributed by atoms with E-state index in [1.54, 1.807) is 12.4 Å². The minimum Gasteiger partial charge on any atom is -0.264 e. The van der Waals surface area contributed by atoms with Crippen molar-refractivity contribution in [3.05, 3.63) is 89.8 Å². The fourth-order valence-corrected chi connectivity index (χ4v) is 2.55. The molecule has 1 atom stereocenters. The Labute approximate surface area is 168 Å². The zero-order chi connectivity index (χ0) is 20.0. The van der Waals surface area contributed by atoms with Gasteiger partial charge < -0.3 is 0 Å². The summed E-state index contributed by atoms with van der Waals surface area (Å²) < 4.78 is 0. The van der Waals surface area contributed by atoms with Crippen molar-refractivity contribution in [1.29, 1.82) is 0 Å². The molecular weight excluding hydrogens is 346 g/mol. The van der Waals surface area contributed by atoms with Crippen LogP contribution in [0, 0.1) is 6.92 Å². The van der Waals surface area contributed by atoms with Gasteiger partial charge in [0.15, 0.2) is 0 Å². The molecule has 5 nitrogen and oxygen atoms in total. The fraction of sp³-hybridized carbons (Fsp3) is 0.348. The molecule has 5 heteroatoms. The van der Waals surface area contributed by atoms with Crippen LogP contribution in [-0.2, 0) is 12.8 Å². The summed E-state index contributed by atoms with van der Waals surface area (Å²) in [6.45, 7) is 6.96. The van der Waals surface area contributed by atoms with Gasteiger partial charge in [-0.25, -0.2) is 0 Å². The highest BCUT2D eigenvalue weighted by Crippen LogP contribution is 2.13. The lowest BCUT2D eigenvalue weighted by atomic mass is 10.1. The lowest BCUT2D eigenvalue weighted by Gasteiger charge is -2.02. The standard InChI is InChI=1S/C13H14N2.C10H15N3/c1-11-7-13(10-15-8-11)5-4-12-3-2-6-14-9-12;1-3-7-12-13-9(2)10-6-4-5-8-11-10/h2-3,6-10H,4-5H2,1H3;4-6,8-9H,3,7H2,1-2H3. The van der Waals surface area contributed by atoms with Gasteiger partial charge in [-0.2, -0.15) is 10.2 Å². The highest BCUT2D eigenvalue weighted by atomic mass is 15.1. The third kappa shape index (κ3) is 8.16. The number of azo groups is 1. The summed E-state index contributed by atoms with van der Waals surface area (Å²) in [4.78, 5) is 12.5. The van der Waals surface area contributed by atoms with E-state index >= 15 is 0 Å². The van der Waals surface area contributed by atoms with Crippen LogP contribution < -0.4 is 0 Å². The second kappa shape index (κ2) is 12.4. The monoisotopic (exact) mass is 375 g/mol. The first-order chi connectivity index (χ1) is 13.7. The van der Waals surface area contributed by atoms with Crippen LogP contribution in [0.15, 0.2) is 77.6 Å². The molecule has 0 fully saturated rings. The molecule has 0 aliphatic carbocycles. The van der Waals surface area contributed by atoms with Crippen LogP contribution in [0.25, 0.3) is 0 Å². The topological polar surface area (TPSA) is 63.4 Å². The molecule has 0 aromatic carbocycles. The number of hydrogen-bond donors (Lipinski definition) is 0. The highest BCUT2D eigenvalue weighted by molar-refractivity contribution is 5.19. The molecule has 0 radical (unpaired) electrons. The number of nitrogens with zero attached hydrogens (tertiary/aromatic N) is 5. The Bertz CT molecular complexity index is 819. The van der Waals surface area contributed by atoms with Crippen LogP contribution in [0.4, 0.5) is 0 Å². The number of rotatable bonds is 7. The molecule has 3 aromatic rings. The smallest absolute Gasteiger partial charge is 0.110 e. The molecule has 0 bridgehead atoms. The number of hydrogen-bond acceptors (Lipinski definition) is 5. The van der Waals surface area contributed by atoms with E-state index in [1.807, 2.05) is 49.8 Å². The van der Waals surface area contributed by atoms with Crippen molar-refractivity contribution >= 4 is 0 Å². The van der Waals surface area contributed by atoms with Gasteiger partial charge in [-0.3, -0.25) is 15.0 Å². The van der Waals surface area contributed by atoms with Crippen molar-refractivity contribution in [3.8, 4) is 0 Å². The summed E-state index contributed by atoms with van der Waals surface area (Å²) in [5, 5.41) is 8.20. The first-order valence-electron chi connectivity index (χ1n) is 9.76. The van der Waals surface area contributed by atoms with Gasteiger partial charge in [0, 0.05) is 31.0 Å². The van der Waals surface area contributed by atoms with Gasteiger partial charge in [-0.1, -0.05) is 25.1 Å². The molecule has 3 heterocycles. The predicted octanol–water partition coefficient (Wildman–Crippen LogP) is 5.58. The predicted molar refractivity (Wildman–Crippen MR) is 113 cm³/mol. The third-order valence-electron chi connectivity index (χ3n) is 4.05. The summed E-state index contributed by atoms with van der Waals surface area (Å²) in [5.74, 6) is 0. The third-order valence-corrected chi connectivity index (χ3v) is 4.05. The largest absolute Gasteiger partial charge is 0.264 e. The van der Waals surface area contributed by atoms with E-state index in [0.717, 1.165) is 31.5 Å². The molecule has 0 saturated carbocycles. The van der Waals surface area contributed by atoms with Crippen LogP contribution in [-0.4, -0.2) is 21.5 Å². The van der Waals surface area contributed by atoms with E-state index < -0.39 is 0 Å². The molecule has 1 unspecified atom stereocenters. The molecular formula is C23H29N5. The lowest BCUT2D eigenvalue weighted by molar-refractivity contribution is 0.695. The molecule has 28 heavy (non-hydrogen) atoms. The Balaban J connectivity index is 0.000000203. The molecule has 0 aliphatic heterocycles. The highest BCUT2D eigenvalue weighted by Gasteiger charge is 2.02. The number of pyridine rings is 3. The van der Waals surface area contributed by atoms with Gasteiger partial charge in [0.2, 0.25) is 0 Å². The van der Waals surface area contributed by atoms with Gasteiger partial charge >= 0.3 is 0 Å². The zero-order valence-electron chi connectivity index (χ0n) is 17.0. The summed E-state index contributed by atoms with van der Waals surface area (Å²) >= 11 is 0. The maximum absolute atomic E-state index is 4.20. The summed E-state index contributed by atoms with van der Waals surface area (Å²) in [6.07, 6.45) is 12.4. The van der Waals surface area contributed by atoms with Gasteiger partial charge in [0.05, 0.1) is 12.2 Å². The second-order valence-corrected chi connectivity index (χ2v) is 6.64. The Morgan fingerprint density at radius 1 is 0.929 bits per heavy atom.